The SMILES string of the molecule is Cc1noc(-c2c3c(nn2C)[C@@]2(C)CCC4(OCCO4)C(C)(C)[C@@H]2CC3)n1. The fourth-order valence-corrected chi connectivity index (χ4v) is 6.13. The summed E-state index contributed by atoms with van der Waals surface area (Å²) in [4.78, 5) is 4.46. The minimum absolute atomic E-state index is 0.0112. The van der Waals surface area contributed by atoms with Crippen LogP contribution >= 0.6 is 0 Å². The monoisotopic (exact) mass is 372 g/mol. The predicted octanol–water partition coefficient (Wildman–Crippen LogP) is 3.16. The summed E-state index contributed by atoms with van der Waals surface area (Å²) in [7, 11) is 1.98. The summed E-state index contributed by atoms with van der Waals surface area (Å²) in [5.41, 5.74) is 3.33. The van der Waals surface area contributed by atoms with Crippen LogP contribution in [0, 0.1) is 18.3 Å². The summed E-state index contributed by atoms with van der Waals surface area (Å²) in [6.07, 6.45) is 3.95. The van der Waals surface area contributed by atoms with Crippen LogP contribution < -0.4 is 0 Å². The van der Waals surface area contributed by atoms with Crippen molar-refractivity contribution in [1.82, 2.24) is 19.9 Å². The molecule has 1 aliphatic heterocycles. The first-order valence-corrected chi connectivity index (χ1v) is 9.93. The van der Waals surface area contributed by atoms with Crippen molar-refractivity contribution < 1.29 is 14.0 Å². The summed E-state index contributed by atoms with van der Waals surface area (Å²) in [6.45, 7) is 10.2. The molecule has 27 heavy (non-hydrogen) atoms. The van der Waals surface area contributed by atoms with E-state index in [2.05, 4.69) is 30.9 Å². The Balaban J connectivity index is 1.61. The quantitative estimate of drug-likeness (QED) is 0.765. The highest BCUT2D eigenvalue weighted by molar-refractivity contribution is 5.58. The first kappa shape index (κ1) is 17.4. The molecule has 2 fully saturated rings. The third kappa shape index (κ3) is 2.12. The van der Waals surface area contributed by atoms with Crippen LogP contribution in [0.5, 0.6) is 0 Å². The highest BCUT2D eigenvalue weighted by Crippen LogP contribution is 2.62. The Morgan fingerprint density at radius 1 is 1.11 bits per heavy atom. The van der Waals surface area contributed by atoms with Gasteiger partial charge in [-0.3, -0.25) is 4.68 Å². The van der Waals surface area contributed by atoms with Crippen molar-refractivity contribution in [2.24, 2.45) is 18.4 Å². The Labute approximate surface area is 159 Å². The summed E-state index contributed by atoms with van der Waals surface area (Å²) < 4.78 is 19.8. The van der Waals surface area contributed by atoms with Gasteiger partial charge >= 0.3 is 0 Å². The number of fused-ring (bicyclic) bond motifs is 3. The fraction of sp³-hybridized carbons (Fsp3) is 0.750. The first-order valence-electron chi connectivity index (χ1n) is 9.93. The van der Waals surface area contributed by atoms with Crippen LogP contribution in [0.1, 0.15) is 57.1 Å². The minimum atomic E-state index is -0.449. The maximum atomic E-state index is 6.20. The zero-order valence-electron chi connectivity index (χ0n) is 16.8. The lowest BCUT2D eigenvalue weighted by molar-refractivity contribution is -0.276. The third-order valence-corrected chi connectivity index (χ3v) is 7.45. The van der Waals surface area contributed by atoms with Crippen LogP contribution in [0.25, 0.3) is 11.6 Å². The molecule has 3 aliphatic rings. The standard InChI is InChI=1S/C20H28N4O3/c1-12-21-17(27-23-12)15-13-6-7-14-18(2,3)20(25-10-11-26-20)9-8-19(14,4)16(13)22-24(15)5/h14H,6-11H2,1-5H3/t14-,19-/m0/s1. The molecule has 1 saturated heterocycles. The van der Waals surface area contributed by atoms with Crippen molar-refractivity contribution in [2.75, 3.05) is 13.2 Å². The van der Waals surface area contributed by atoms with Gasteiger partial charge in [0.25, 0.3) is 5.89 Å². The molecule has 0 bridgehead atoms. The molecule has 7 heteroatoms. The van der Waals surface area contributed by atoms with E-state index in [0.29, 0.717) is 30.8 Å². The Hall–Kier alpha value is -1.73. The van der Waals surface area contributed by atoms with Gasteiger partial charge in [0, 0.05) is 29.9 Å². The van der Waals surface area contributed by atoms with Crippen LogP contribution in [0.15, 0.2) is 4.52 Å². The molecule has 146 valence electrons. The maximum Gasteiger partial charge on any atom is 0.276 e. The van der Waals surface area contributed by atoms with Gasteiger partial charge in [0.05, 0.1) is 18.9 Å². The Morgan fingerprint density at radius 3 is 2.52 bits per heavy atom. The molecule has 2 aliphatic carbocycles. The van der Waals surface area contributed by atoms with E-state index in [4.69, 9.17) is 19.1 Å². The van der Waals surface area contributed by atoms with E-state index in [1.54, 1.807) is 0 Å². The lowest BCUT2D eigenvalue weighted by atomic mass is 9.49. The van der Waals surface area contributed by atoms with E-state index >= 15 is 0 Å². The van der Waals surface area contributed by atoms with Crippen molar-refractivity contribution in [1.29, 1.82) is 0 Å². The van der Waals surface area contributed by atoms with E-state index in [9.17, 15) is 0 Å². The molecule has 7 nitrogen and oxygen atoms in total. The molecule has 1 saturated carbocycles. The molecule has 0 aromatic carbocycles. The Bertz CT molecular complexity index is 893. The molecule has 3 heterocycles. The Kier molecular flexibility index (Phi) is 3.48. The molecule has 1 spiro atoms. The molecule has 0 amide bonds. The zero-order chi connectivity index (χ0) is 19.0. The summed E-state index contributed by atoms with van der Waals surface area (Å²) in [5.74, 6) is 1.21. The minimum Gasteiger partial charge on any atom is -0.347 e. The Morgan fingerprint density at radius 2 is 1.85 bits per heavy atom. The molecule has 2 aromatic heterocycles. The maximum absolute atomic E-state index is 6.20. The average molecular weight is 372 g/mol. The lowest BCUT2D eigenvalue weighted by Crippen LogP contribution is -2.61. The number of nitrogens with zero attached hydrogens (tertiary/aromatic N) is 4. The first-order chi connectivity index (χ1) is 12.8. The van der Waals surface area contributed by atoms with Crippen molar-refractivity contribution in [3.8, 4) is 11.6 Å². The second kappa shape index (κ2) is 5.41. The predicted molar refractivity (Wildman–Crippen MR) is 98.1 cm³/mol. The second-order valence-corrected chi connectivity index (χ2v) is 9.13. The molecule has 2 aromatic rings. The van der Waals surface area contributed by atoms with Crippen LogP contribution in [-0.4, -0.2) is 38.9 Å². The summed E-state index contributed by atoms with van der Waals surface area (Å²) in [6, 6.07) is 0. The van der Waals surface area contributed by atoms with E-state index in [1.165, 1.54) is 11.3 Å². The van der Waals surface area contributed by atoms with Crippen LogP contribution in [0.4, 0.5) is 0 Å². The molecule has 0 unspecified atom stereocenters. The van der Waals surface area contributed by atoms with Gasteiger partial charge in [-0.1, -0.05) is 25.9 Å². The van der Waals surface area contributed by atoms with E-state index in [1.807, 2.05) is 18.7 Å². The van der Waals surface area contributed by atoms with Crippen LogP contribution in [-0.2, 0) is 28.4 Å². The molecular weight excluding hydrogens is 344 g/mol. The molecule has 0 N–H and O–H groups in total. The second-order valence-electron chi connectivity index (χ2n) is 9.13. The van der Waals surface area contributed by atoms with Crippen LogP contribution in [0.3, 0.4) is 0 Å². The van der Waals surface area contributed by atoms with Crippen molar-refractivity contribution >= 4 is 0 Å². The lowest BCUT2D eigenvalue weighted by Gasteiger charge is -2.59. The highest BCUT2D eigenvalue weighted by atomic mass is 16.7. The highest BCUT2D eigenvalue weighted by Gasteiger charge is 2.64. The largest absolute Gasteiger partial charge is 0.347 e. The number of hydrogen-bond donors (Lipinski definition) is 0. The van der Waals surface area contributed by atoms with Gasteiger partial charge in [-0.05, 0) is 32.1 Å². The van der Waals surface area contributed by atoms with Gasteiger partial charge in [0.2, 0.25) is 0 Å². The number of aryl methyl sites for hydroxylation is 2. The van der Waals surface area contributed by atoms with E-state index in [-0.39, 0.29) is 10.8 Å². The topological polar surface area (TPSA) is 75.2 Å². The van der Waals surface area contributed by atoms with Gasteiger partial charge < -0.3 is 14.0 Å². The van der Waals surface area contributed by atoms with Gasteiger partial charge in [-0.2, -0.15) is 10.1 Å². The molecule has 2 atom stereocenters. The molecule has 5 rings (SSSR count). The summed E-state index contributed by atoms with van der Waals surface area (Å²) >= 11 is 0. The number of ether oxygens (including phenoxy) is 2. The number of aromatic nitrogens is 4. The van der Waals surface area contributed by atoms with Gasteiger partial charge in [0.15, 0.2) is 11.6 Å². The van der Waals surface area contributed by atoms with Gasteiger partial charge in [-0.25, -0.2) is 0 Å². The van der Waals surface area contributed by atoms with E-state index < -0.39 is 5.79 Å². The van der Waals surface area contributed by atoms with Crippen molar-refractivity contribution in [3.05, 3.63) is 17.1 Å². The van der Waals surface area contributed by atoms with Crippen molar-refractivity contribution in [2.45, 2.75) is 64.6 Å². The number of rotatable bonds is 1. The smallest absolute Gasteiger partial charge is 0.276 e. The van der Waals surface area contributed by atoms with Crippen LogP contribution in [0.2, 0.25) is 0 Å². The normalized spacial score (nSPS) is 31.1. The molecular formula is C20H28N4O3. The molecule has 0 radical (unpaired) electrons. The zero-order valence-corrected chi connectivity index (χ0v) is 16.8. The van der Waals surface area contributed by atoms with Gasteiger partial charge in [0.1, 0.15) is 5.69 Å². The fourth-order valence-electron chi connectivity index (χ4n) is 6.13. The van der Waals surface area contributed by atoms with Crippen molar-refractivity contribution in [3.63, 3.8) is 0 Å². The van der Waals surface area contributed by atoms with E-state index in [0.717, 1.165) is 31.4 Å². The number of hydrogen-bond acceptors (Lipinski definition) is 6. The third-order valence-electron chi connectivity index (χ3n) is 7.45. The average Bonchev–Trinajstić information content (AvgIpc) is 3.31. The van der Waals surface area contributed by atoms with Gasteiger partial charge in [-0.15, -0.1) is 0 Å². The summed E-state index contributed by atoms with van der Waals surface area (Å²) in [5, 5.41) is 8.95.